The first-order valence-corrected chi connectivity index (χ1v) is 8.72. The molecule has 27 heavy (non-hydrogen) atoms. The molecular formula is C19H25F3N2O3. The number of nitrogens with one attached hydrogen (secondary N) is 1. The zero-order valence-corrected chi connectivity index (χ0v) is 15.0. The fraction of sp³-hybridized carbons (Fsp3) is 0.474. The summed E-state index contributed by atoms with van der Waals surface area (Å²) in [6, 6.07) is 2.65. The molecule has 0 aliphatic rings. The molecule has 0 aliphatic heterocycles. The molecule has 2 amide bonds. The van der Waals surface area contributed by atoms with Crippen LogP contribution in [0.15, 0.2) is 36.9 Å². The molecular weight excluding hydrogens is 361 g/mol. The van der Waals surface area contributed by atoms with Crippen molar-refractivity contribution in [2.45, 2.75) is 56.8 Å². The highest BCUT2D eigenvalue weighted by Crippen LogP contribution is 2.30. The molecule has 0 aliphatic carbocycles. The molecule has 1 aromatic rings. The molecule has 1 rings (SSSR count). The summed E-state index contributed by atoms with van der Waals surface area (Å²) < 4.78 is 37.7. The van der Waals surface area contributed by atoms with Crippen LogP contribution in [0.4, 0.5) is 13.2 Å². The number of carbonyl (C=O) groups is 2. The minimum absolute atomic E-state index is 0.00635. The van der Waals surface area contributed by atoms with Crippen LogP contribution in [-0.4, -0.2) is 23.0 Å². The van der Waals surface area contributed by atoms with Gasteiger partial charge in [0.15, 0.2) is 6.10 Å². The van der Waals surface area contributed by atoms with Crippen LogP contribution in [0.1, 0.15) is 55.8 Å². The Morgan fingerprint density at radius 2 is 1.74 bits per heavy atom. The Balaban J connectivity index is 2.59. The Labute approximate surface area is 156 Å². The molecule has 0 radical (unpaired) electrons. The average molecular weight is 386 g/mol. The minimum atomic E-state index is -4.51. The lowest BCUT2D eigenvalue weighted by Crippen LogP contribution is -2.46. The van der Waals surface area contributed by atoms with Gasteiger partial charge >= 0.3 is 6.18 Å². The summed E-state index contributed by atoms with van der Waals surface area (Å²) in [5.41, 5.74) is 4.39. The number of primary amides is 1. The first kappa shape index (κ1) is 22.7. The number of aliphatic hydroxyl groups is 1. The van der Waals surface area contributed by atoms with Gasteiger partial charge in [-0.3, -0.25) is 9.59 Å². The van der Waals surface area contributed by atoms with E-state index in [1.165, 1.54) is 0 Å². The monoisotopic (exact) mass is 386 g/mol. The second kappa shape index (κ2) is 10.7. The number of alkyl halides is 3. The molecule has 0 aromatic heterocycles. The summed E-state index contributed by atoms with van der Waals surface area (Å²) in [6.45, 7) is 3.63. The van der Waals surface area contributed by atoms with Gasteiger partial charge in [-0.2, -0.15) is 13.2 Å². The van der Waals surface area contributed by atoms with E-state index >= 15 is 0 Å². The van der Waals surface area contributed by atoms with Gasteiger partial charge in [-0.15, -0.1) is 6.58 Å². The zero-order valence-electron chi connectivity index (χ0n) is 15.0. The largest absolute Gasteiger partial charge is 0.416 e. The molecule has 0 heterocycles. The Bertz CT molecular complexity index is 630. The number of allylic oxidation sites excluding steroid dienone is 1. The van der Waals surface area contributed by atoms with Crippen LogP contribution in [0.5, 0.6) is 0 Å². The van der Waals surface area contributed by atoms with Crippen LogP contribution in [0.2, 0.25) is 0 Å². The molecule has 0 unspecified atom stereocenters. The van der Waals surface area contributed by atoms with Gasteiger partial charge in [-0.1, -0.05) is 37.5 Å². The van der Waals surface area contributed by atoms with Crippen molar-refractivity contribution in [3.63, 3.8) is 0 Å². The van der Waals surface area contributed by atoms with E-state index in [2.05, 4.69) is 11.9 Å². The van der Waals surface area contributed by atoms with Crippen LogP contribution in [0, 0.1) is 0 Å². The van der Waals surface area contributed by atoms with Gasteiger partial charge in [0.1, 0.15) is 6.04 Å². The number of hydrogen-bond donors (Lipinski definition) is 3. The molecule has 0 saturated carbocycles. The molecule has 0 saturated heterocycles. The lowest BCUT2D eigenvalue weighted by Gasteiger charge is -2.18. The van der Waals surface area contributed by atoms with Gasteiger partial charge in [-0.05, 0) is 37.0 Å². The second-order valence-corrected chi connectivity index (χ2v) is 6.27. The van der Waals surface area contributed by atoms with Crippen LogP contribution in [0.3, 0.4) is 0 Å². The van der Waals surface area contributed by atoms with Gasteiger partial charge in [0.2, 0.25) is 5.91 Å². The van der Waals surface area contributed by atoms with Gasteiger partial charge in [0, 0.05) is 0 Å². The minimum Gasteiger partial charge on any atom is -0.378 e. The number of nitrogens with two attached hydrogens (primary N) is 1. The van der Waals surface area contributed by atoms with Crippen molar-refractivity contribution in [1.29, 1.82) is 0 Å². The van der Waals surface area contributed by atoms with Crippen molar-refractivity contribution in [2.24, 2.45) is 5.73 Å². The van der Waals surface area contributed by atoms with Crippen molar-refractivity contribution in [3.8, 4) is 0 Å². The zero-order chi connectivity index (χ0) is 20.4. The lowest BCUT2D eigenvalue weighted by atomic mass is 10.0. The van der Waals surface area contributed by atoms with Crippen molar-refractivity contribution < 1.29 is 27.9 Å². The van der Waals surface area contributed by atoms with E-state index in [-0.39, 0.29) is 5.56 Å². The quantitative estimate of drug-likeness (QED) is 0.403. The molecule has 0 bridgehead atoms. The standard InChI is InChI=1S/C19H25F3N2O3/c1-2-3-4-5-6-7-8-15(17(23)26)24-18(27)16(25)13-9-11-14(12-10-13)19(20,21)22/h2,9-12,15-16,25H,1,3-8H2,(H2,23,26)(H,24,27)/t15-,16+/m0/s1. The van der Waals surface area contributed by atoms with Gasteiger partial charge in [0.25, 0.3) is 5.91 Å². The maximum atomic E-state index is 12.6. The molecule has 1 aromatic carbocycles. The summed E-state index contributed by atoms with van der Waals surface area (Å²) in [7, 11) is 0. The normalized spacial score (nSPS) is 13.6. The number of rotatable bonds is 11. The Hall–Kier alpha value is -2.35. The van der Waals surface area contributed by atoms with Gasteiger partial charge in [-0.25, -0.2) is 0 Å². The molecule has 4 N–H and O–H groups in total. The smallest absolute Gasteiger partial charge is 0.378 e. The fourth-order valence-electron chi connectivity index (χ4n) is 2.53. The topological polar surface area (TPSA) is 92.4 Å². The average Bonchev–Trinajstić information content (AvgIpc) is 2.62. The molecule has 8 heteroatoms. The summed E-state index contributed by atoms with van der Waals surface area (Å²) in [5, 5.41) is 12.4. The summed E-state index contributed by atoms with van der Waals surface area (Å²) >= 11 is 0. The highest BCUT2D eigenvalue weighted by Gasteiger charge is 2.31. The van der Waals surface area contributed by atoms with Crippen molar-refractivity contribution in [3.05, 3.63) is 48.0 Å². The third-order valence-corrected chi connectivity index (χ3v) is 4.11. The van der Waals surface area contributed by atoms with Crippen LogP contribution < -0.4 is 11.1 Å². The summed E-state index contributed by atoms with van der Waals surface area (Å²) in [5.74, 6) is -1.61. The highest BCUT2D eigenvalue weighted by molar-refractivity contribution is 5.88. The third-order valence-electron chi connectivity index (χ3n) is 4.11. The maximum Gasteiger partial charge on any atom is 0.416 e. The highest BCUT2D eigenvalue weighted by atomic mass is 19.4. The van der Waals surface area contributed by atoms with Crippen LogP contribution in [-0.2, 0) is 15.8 Å². The lowest BCUT2D eigenvalue weighted by molar-refractivity contribution is -0.137. The molecule has 150 valence electrons. The number of unbranched alkanes of at least 4 members (excludes halogenated alkanes) is 4. The number of benzene rings is 1. The Morgan fingerprint density at radius 3 is 2.26 bits per heavy atom. The van der Waals surface area contributed by atoms with E-state index in [0.717, 1.165) is 49.9 Å². The van der Waals surface area contributed by atoms with Gasteiger partial charge in [0.05, 0.1) is 5.56 Å². The molecule has 2 atom stereocenters. The Kier molecular flexibility index (Phi) is 9.00. The Morgan fingerprint density at radius 1 is 1.15 bits per heavy atom. The maximum absolute atomic E-state index is 12.6. The molecule has 0 fully saturated rings. The van der Waals surface area contributed by atoms with E-state index in [1.807, 2.05) is 6.08 Å². The number of amides is 2. The van der Waals surface area contributed by atoms with E-state index < -0.39 is 35.7 Å². The van der Waals surface area contributed by atoms with E-state index in [0.29, 0.717) is 12.8 Å². The van der Waals surface area contributed by atoms with Crippen LogP contribution in [0.25, 0.3) is 0 Å². The predicted molar refractivity (Wildman–Crippen MR) is 95.4 cm³/mol. The fourth-order valence-corrected chi connectivity index (χ4v) is 2.53. The predicted octanol–water partition coefficient (Wildman–Crippen LogP) is 3.24. The number of aliphatic hydroxyl groups excluding tert-OH is 1. The third kappa shape index (κ3) is 7.82. The number of halogens is 3. The first-order valence-electron chi connectivity index (χ1n) is 8.72. The number of hydrogen-bond acceptors (Lipinski definition) is 3. The first-order chi connectivity index (χ1) is 12.7. The van der Waals surface area contributed by atoms with Gasteiger partial charge < -0.3 is 16.2 Å². The number of carbonyl (C=O) groups excluding carboxylic acids is 2. The summed E-state index contributed by atoms with van der Waals surface area (Å²) in [4.78, 5) is 23.6. The molecule has 5 nitrogen and oxygen atoms in total. The van der Waals surface area contributed by atoms with E-state index in [4.69, 9.17) is 5.73 Å². The van der Waals surface area contributed by atoms with Crippen molar-refractivity contribution in [2.75, 3.05) is 0 Å². The van der Waals surface area contributed by atoms with Crippen molar-refractivity contribution >= 4 is 11.8 Å². The van der Waals surface area contributed by atoms with E-state index in [9.17, 15) is 27.9 Å². The van der Waals surface area contributed by atoms with E-state index in [1.54, 1.807) is 0 Å². The molecule has 0 spiro atoms. The SMILES string of the molecule is C=CCCCCCC[C@H](NC(=O)[C@H](O)c1ccc(C(F)(F)F)cc1)C(N)=O. The van der Waals surface area contributed by atoms with Crippen molar-refractivity contribution in [1.82, 2.24) is 5.32 Å². The second-order valence-electron chi connectivity index (χ2n) is 6.27. The summed E-state index contributed by atoms with van der Waals surface area (Å²) in [6.07, 6.45) is 0.342. The van der Waals surface area contributed by atoms with Crippen LogP contribution >= 0.6 is 0 Å².